The Labute approximate surface area is 119 Å². The Bertz CT molecular complexity index is 426. The van der Waals surface area contributed by atoms with Gasteiger partial charge in [-0.25, -0.2) is 0 Å². The number of carboxylic acids is 1. The number of carboxylic acid groups (broad SMARTS) is 1. The average molecular weight is 279 g/mol. The van der Waals surface area contributed by atoms with E-state index in [9.17, 15) is 4.79 Å². The maximum Gasteiger partial charge on any atom is 0.305 e. The van der Waals surface area contributed by atoms with Crippen molar-refractivity contribution in [1.82, 2.24) is 4.90 Å². The highest BCUT2D eigenvalue weighted by Crippen LogP contribution is 2.25. The Hall–Kier alpha value is -1.43. The smallest absolute Gasteiger partial charge is 0.305 e. The number of hydrogen-bond acceptors (Lipinski definition) is 4. The first-order valence-corrected chi connectivity index (χ1v) is 6.82. The molecule has 1 heterocycles. The summed E-state index contributed by atoms with van der Waals surface area (Å²) in [4.78, 5) is 13.3. The van der Waals surface area contributed by atoms with Crippen LogP contribution in [-0.2, 0) is 20.9 Å². The van der Waals surface area contributed by atoms with E-state index in [0.717, 1.165) is 24.2 Å². The summed E-state index contributed by atoms with van der Waals surface area (Å²) in [7, 11) is 1.66. The Kier molecular flexibility index (Phi) is 5.52. The number of rotatable bonds is 6. The van der Waals surface area contributed by atoms with Gasteiger partial charge >= 0.3 is 5.97 Å². The SMILES string of the molecule is COCc1ccc(C(CC(=O)O)N2CCOCC2)cc1. The Morgan fingerprint density at radius 2 is 2.00 bits per heavy atom. The van der Waals surface area contributed by atoms with Crippen LogP contribution in [0.4, 0.5) is 0 Å². The van der Waals surface area contributed by atoms with Gasteiger partial charge in [-0.3, -0.25) is 9.69 Å². The van der Waals surface area contributed by atoms with Gasteiger partial charge in [0.15, 0.2) is 0 Å². The van der Waals surface area contributed by atoms with Crippen molar-refractivity contribution in [2.75, 3.05) is 33.4 Å². The van der Waals surface area contributed by atoms with E-state index in [1.54, 1.807) is 7.11 Å². The number of benzene rings is 1. The van der Waals surface area contributed by atoms with Gasteiger partial charge in [-0.2, -0.15) is 0 Å². The predicted molar refractivity (Wildman–Crippen MR) is 74.5 cm³/mol. The van der Waals surface area contributed by atoms with Crippen LogP contribution in [0.25, 0.3) is 0 Å². The lowest BCUT2D eigenvalue weighted by molar-refractivity contribution is -0.139. The van der Waals surface area contributed by atoms with Crippen LogP contribution in [0.1, 0.15) is 23.6 Å². The second-order valence-electron chi connectivity index (χ2n) is 4.94. The third-order valence-corrected chi connectivity index (χ3v) is 3.53. The fourth-order valence-corrected chi connectivity index (χ4v) is 2.51. The van der Waals surface area contributed by atoms with E-state index >= 15 is 0 Å². The molecule has 110 valence electrons. The van der Waals surface area contributed by atoms with Gasteiger partial charge in [-0.15, -0.1) is 0 Å². The molecule has 1 unspecified atom stereocenters. The summed E-state index contributed by atoms with van der Waals surface area (Å²) in [5.41, 5.74) is 2.13. The number of hydrogen-bond donors (Lipinski definition) is 1. The summed E-state index contributed by atoms with van der Waals surface area (Å²) < 4.78 is 10.4. The van der Waals surface area contributed by atoms with Crippen molar-refractivity contribution in [1.29, 1.82) is 0 Å². The lowest BCUT2D eigenvalue weighted by Gasteiger charge is -2.34. The molecule has 1 N–H and O–H groups in total. The van der Waals surface area contributed by atoms with Crippen LogP contribution in [0.2, 0.25) is 0 Å². The monoisotopic (exact) mass is 279 g/mol. The zero-order chi connectivity index (χ0) is 14.4. The third kappa shape index (κ3) is 4.03. The molecule has 20 heavy (non-hydrogen) atoms. The number of carbonyl (C=O) groups is 1. The number of morpholine rings is 1. The molecule has 1 saturated heterocycles. The van der Waals surface area contributed by atoms with Crippen LogP contribution in [0.15, 0.2) is 24.3 Å². The molecular weight excluding hydrogens is 258 g/mol. The van der Waals surface area contributed by atoms with Crippen molar-refractivity contribution in [2.24, 2.45) is 0 Å². The molecule has 0 bridgehead atoms. The van der Waals surface area contributed by atoms with E-state index in [4.69, 9.17) is 14.6 Å². The van der Waals surface area contributed by atoms with Gasteiger partial charge in [0.2, 0.25) is 0 Å². The molecule has 1 aliphatic rings. The fourth-order valence-electron chi connectivity index (χ4n) is 2.51. The number of aliphatic carboxylic acids is 1. The lowest BCUT2D eigenvalue weighted by atomic mass is 10.00. The minimum Gasteiger partial charge on any atom is -0.481 e. The molecule has 5 heteroatoms. The minimum absolute atomic E-state index is 0.0898. The molecule has 0 radical (unpaired) electrons. The van der Waals surface area contributed by atoms with Crippen LogP contribution in [0, 0.1) is 0 Å². The van der Waals surface area contributed by atoms with Gasteiger partial charge in [-0.05, 0) is 11.1 Å². The van der Waals surface area contributed by atoms with E-state index in [2.05, 4.69) is 4.90 Å². The highest BCUT2D eigenvalue weighted by atomic mass is 16.5. The second-order valence-corrected chi connectivity index (χ2v) is 4.94. The van der Waals surface area contributed by atoms with Gasteiger partial charge in [0.1, 0.15) is 0 Å². The van der Waals surface area contributed by atoms with Crippen LogP contribution in [0.5, 0.6) is 0 Å². The van der Waals surface area contributed by atoms with Crippen molar-refractivity contribution < 1.29 is 19.4 Å². The van der Waals surface area contributed by atoms with E-state index in [1.807, 2.05) is 24.3 Å². The largest absolute Gasteiger partial charge is 0.481 e. The Morgan fingerprint density at radius 3 is 2.55 bits per heavy atom. The number of nitrogens with zero attached hydrogens (tertiary/aromatic N) is 1. The molecule has 1 fully saturated rings. The minimum atomic E-state index is -0.776. The van der Waals surface area contributed by atoms with Crippen LogP contribution in [-0.4, -0.2) is 49.4 Å². The summed E-state index contributed by atoms with van der Waals surface area (Å²) in [5, 5.41) is 9.14. The highest BCUT2D eigenvalue weighted by molar-refractivity contribution is 5.68. The molecule has 0 aromatic heterocycles. The zero-order valence-electron chi connectivity index (χ0n) is 11.7. The van der Waals surface area contributed by atoms with Crippen LogP contribution in [0.3, 0.4) is 0 Å². The third-order valence-electron chi connectivity index (χ3n) is 3.53. The number of methoxy groups -OCH3 is 1. The van der Waals surface area contributed by atoms with Gasteiger partial charge in [0.05, 0.1) is 26.2 Å². The van der Waals surface area contributed by atoms with Gasteiger partial charge < -0.3 is 14.6 Å². The van der Waals surface area contributed by atoms with E-state index in [1.165, 1.54) is 0 Å². The summed E-state index contributed by atoms with van der Waals surface area (Å²) >= 11 is 0. The van der Waals surface area contributed by atoms with E-state index in [-0.39, 0.29) is 12.5 Å². The van der Waals surface area contributed by atoms with Gasteiger partial charge in [0, 0.05) is 26.2 Å². The first kappa shape index (κ1) is 15.0. The fraction of sp³-hybridized carbons (Fsp3) is 0.533. The molecule has 0 spiro atoms. The average Bonchev–Trinajstić information content (AvgIpc) is 2.47. The molecular formula is C15H21NO4. The Balaban J connectivity index is 2.14. The maximum atomic E-state index is 11.1. The summed E-state index contributed by atoms with van der Waals surface area (Å²) in [6.45, 7) is 3.45. The predicted octanol–water partition coefficient (Wildman–Crippen LogP) is 1.68. The van der Waals surface area contributed by atoms with Crippen molar-refractivity contribution in [2.45, 2.75) is 19.1 Å². The van der Waals surface area contributed by atoms with E-state index in [0.29, 0.717) is 19.8 Å². The molecule has 1 aromatic rings. The van der Waals surface area contributed by atoms with Gasteiger partial charge in [-0.1, -0.05) is 24.3 Å². The zero-order valence-corrected chi connectivity index (χ0v) is 11.7. The summed E-state index contributed by atoms with van der Waals surface area (Å²) in [6.07, 6.45) is 0.115. The molecule has 0 amide bonds. The second kappa shape index (κ2) is 7.38. The first-order chi connectivity index (χ1) is 9.70. The molecule has 0 aliphatic carbocycles. The summed E-state index contributed by atoms with van der Waals surface area (Å²) in [5.74, 6) is -0.776. The van der Waals surface area contributed by atoms with Gasteiger partial charge in [0.25, 0.3) is 0 Å². The standard InChI is InChI=1S/C15H21NO4/c1-19-11-12-2-4-13(5-3-12)14(10-15(17)18)16-6-8-20-9-7-16/h2-5,14H,6-11H2,1H3,(H,17,18). The van der Waals surface area contributed by atoms with Crippen molar-refractivity contribution >= 4 is 5.97 Å². The lowest BCUT2D eigenvalue weighted by Crippen LogP contribution is -2.39. The molecule has 2 rings (SSSR count). The highest BCUT2D eigenvalue weighted by Gasteiger charge is 2.24. The van der Waals surface area contributed by atoms with Crippen molar-refractivity contribution in [3.63, 3.8) is 0 Å². The molecule has 1 aliphatic heterocycles. The molecule has 5 nitrogen and oxygen atoms in total. The first-order valence-electron chi connectivity index (χ1n) is 6.82. The van der Waals surface area contributed by atoms with Crippen molar-refractivity contribution in [3.05, 3.63) is 35.4 Å². The van der Waals surface area contributed by atoms with Crippen molar-refractivity contribution in [3.8, 4) is 0 Å². The van der Waals surface area contributed by atoms with Crippen LogP contribution >= 0.6 is 0 Å². The normalized spacial score (nSPS) is 17.9. The van der Waals surface area contributed by atoms with E-state index < -0.39 is 5.97 Å². The quantitative estimate of drug-likeness (QED) is 0.858. The summed E-state index contributed by atoms with van der Waals surface area (Å²) in [6, 6.07) is 7.89. The topological polar surface area (TPSA) is 59.0 Å². The van der Waals surface area contributed by atoms with Crippen LogP contribution < -0.4 is 0 Å². The Morgan fingerprint density at radius 1 is 1.35 bits per heavy atom. The molecule has 0 saturated carbocycles. The maximum absolute atomic E-state index is 11.1. The molecule has 1 atom stereocenters. The number of ether oxygens (including phenoxy) is 2. The molecule has 1 aromatic carbocycles.